The Bertz CT molecular complexity index is 610. The van der Waals surface area contributed by atoms with Crippen LogP contribution in [0.15, 0.2) is 18.2 Å². The summed E-state index contributed by atoms with van der Waals surface area (Å²) in [6, 6.07) is 4.95. The van der Waals surface area contributed by atoms with Gasteiger partial charge in [0, 0.05) is 19.3 Å². The third-order valence-electron chi connectivity index (χ3n) is 3.40. The lowest BCUT2D eigenvalue weighted by Gasteiger charge is -2.33. The smallest absolute Gasteiger partial charge is 0.366 e. The molecule has 1 atom stereocenters. The van der Waals surface area contributed by atoms with Gasteiger partial charge in [0.25, 0.3) is 5.91 Å². The average molecular weight is 313 g/mol. The van der Waals surface area contributed by atoms with Gasteiger partial charge in [0.2, 0.25) is 0 Å². The second kappa shape index (κ2) is 6.23. The van der Waals surface area contributed by atoms with E-state index in [1.165, 1.54) is 19.2 Å². The third kappa shape index (κ3) is 3.31. The van der Waals surface area contributed by atoms with E-state index in [1.54, 1.807) is 11.0 Å². The van der Waals surface area contributed by atoms with Gasteiger partial charge in [-0.05, 0) is 18.2 Å². The highest BCUT2D eigenvalue weighted by Crippen LogP contribution is 2.34. The van der Waals surface area contributed by atoms with Crippen LogP contribution in [0.25, 0.3) is 0 Å². The molecule has 0 spiro atoms. The first kappa shape index (κ1) is 16.1. The fourth-order valence-corrected chi connectivity index (χ4v) is 2.27. The molecule has 1 aliphatic heterocycles. The molecular weight excluding hydrogens is 299 g/mol. The zero-order chi connectivity index (χ0) is 16.3. The van der Waals surface area contributed by atoms with E-state index in [1.807, 2.05) is 0 Å². The number of anilines is 1. The highest BCUT2D eigenvalue weighted by Gasteiger charge is 2.34. The van der Waals surface area contributed by atoms with Crippen molar-refractivity contribution in [1.82, 2.24) is 5.32 Å². The number of nitrogens with zero attached hydrogens (tertiary/aromatic N) is 2. The van der Waals surface area contributed by atoms with Crippen LogP contribution in [0.2, 0.25) is 0 Å². The van der Waals surface area contributed by atoms with E-state index in [0.717, 1.165) is 6.07 Å². The maximum Gasteiger partial charge on any atom is 0.417 e. The molecule has 1 aliphatic rings. The summed E-state index contributed by atoms with van der Waals surface area (Å²) >= 11 is 0. The molecule has 0 bridgehead atoms. The fourth-order valence-electron chi connectivity index (χ4n) is 2.27. The van der Waals surface area contributed by atoms with E-state index in [9.17, 15) is 18.0 Å². The summed E-state index contributed by atoms with van der Waals surface area (Å²) < 4.78 is 43.7. The molecule has 1 aromatic carbocycles. The van der Waals surface area contributed by atoms with Gasteiger partial charge in [-0.25, -0.2) is 0 Å². The van der Waals surface area contributed by atoms with Gasteiger partial charge >= 0.3 is 6.18 Å². The minimum absolute atomic E-state index is 0.218. The number of hydrogen-bond acceptors (Lipinski definition) is 4. The van der Waals surface area contributed by atoms with Gasteiger partial charge in [0.05, 0.1) is 30.3 Å². The number of amides is 1. The minimum atomic E-state index is -4.57. The van der Waals surface area contributed by atoms with E-state index in [2.05, 4.69) is 5.32 Å². The molecule has 1 fully saturated rings. The van der Waals surface area contributed by atoms with E-state index in [0.29, 0.717) is 12.2 Å². The molecule has 2 rings (SSSR count). The molecule has 0 aromatic heterocycles. The van der Waals surface area contributed by atoms with Gasteiger partial charge in [-0.1, -0.05) is 0 Å². The Kier molecular flexibility index (Phi) is 4.56. The van der Waals surface area contributed by atoms with E-state index in [-0.39, 0.29) is 19.1 Å². The molecule has 118 valence electrons. The van der Waals surface area contributed by atoms with Gasteiger partial charge in [0.15, 0.2) is 6.10 Å². The fraction of sp³-hybridized carbons (Fsp3) is 0.429. The molecule has 0 aliphatic carbocycles. The van der Waals surface area contributed by atoms with Crippen LogP contribution in [0.4, 0.5) is 18.9 Å². The van der Waals surface area contributed by atoms with Gasteiger partial charge in [-0.2, -0.15) is 18.4 Å². The summed E-state index contributed by atoms with van der Waals surface area (Å²) in [6.45, 7) is 0.931. The van der Waals surface area contributed by atoms with Gasteiger partial charge in [0.1, 0.15) is 0 Å². The first-order chi connectivity index (χ1) is 10.4. The average Bonchev–Trinajstić information content (AvgIpc) is 2.52. The van der Waals surface area contributed by atoms with Crippen molar-refractivity contribution < 1.29 is 22.7 Å². The molecule has 0 unspecified atom stereocenters. The monoisotopic (exact) mass is 313 g/mol. The number of morpholine rings is 1. The van der Waals surface area contributed by atoms with Crippen LogP contribution in [0.5, 0.6) is 0 Å². The first-order valence-electron chi connectivity index (χ1n) is 6.56. The largest absolute Gasteiger partial charge is 0.417 e. The Morgan fingerprint density at radius 3 is 2.82 bits per heavy atom. The summed E-state index contributed by atoms with van der Waals surface area (Å²) in [5.74, 6) is -0.294. The van der Waals surface area contributed by atoms with Gasteiger partial charge < -0.3 is 15.0 Å². The summed E-state index contributed by atoms with van der Waals surface area (Å²) in [6.07, 6.45) is -5.26. The highest BCUT2D eigenvalue weighted by atomic mass is 19.4. The van der Waals surface area contributed by atoms with Gasteiger partial charge in [-0.15, -0.1) is 0 Å². The lowest BCUT2D eigenvalue weighted by Crippen LogP contribution is -2.49. The molecule has 1 aromatic rings. The molecule has 1 heterocycles. The number of carbonyl (C=O) groups is 1. The second-order valence-corrected chi connectivity index (χ2v) is 4.76. The van der Waals surface area contributed by atoms with Crippen molar-refractivity contribution in [2.45, 2.75) is 12.3 Å². The second-order valence-electron chi connectivity index (χ2n) is 4.76. The number of nitrogens with one attached hydrogen (secondary N) is 1. The molecule has 22 heavy (non-hydrogen) atoms. The molecule has 1 amide bonds. The van der Waals surface area contributed by atoms with Crippen LogP contribution in [0.3, 0.4) is 0 Å². The topological polar surface area (TPSA) is 65.4 Å². The molecule has 1 saturated heterocycles. The van der Waals surface area contributed by atoms with Crippen molar-refractivity contribution in [3.63, 3.8) is 0 Å². The maximum atomic E-state index is 12.8. The number of nitriles is 1. The van der Waals surface area contributed by atoms with Gasteiger partial charge in [-0.3, -0.25) is 4.79 Å². The van der Waals surface area contributed by atoms with Crippen molar-refractivity contribution in [3.8, 4) is 6.07 Å². The van der Waals surface area contributed by atoms with Crippen LogP contribution < -0.4 is 10.2 Å². The molecule has 0 radical (unpaired) electrons. The van der Waals surface area contributed by atoms with E-state index < -0.39 is 23.4 Å². The normalized spacial score (nSPS) is 18.7. The molecule has 1 N–H and O–H groups in total. The Labute approximate surface area is 125 Å². The number of halogens is 3. The lowest BCUT2D eigenvalue weighted by atomic mass is 10.1. The lowest BCUT2D eigenvalue weighted by molar-refractivity contribution is -0.137. The number of rotatable bonds is 2. The zero-order valence-corrected chi connectivity index (χ0v) is 11.8. The van der Waals surface area contributed by atoms with Crippen molar-refractivity contribution >= 4 is 11.6 Å². The quantitative estimate of drug-likeness (QED) is 0.899. The summed E-state index contributed by atoms with van der Waals surface area (Å²) in [7, 11) is 1.48. The van der Waals surface area contributed by atoms with Crippen molar-refractivity contribution in [3.05, 3.63) is 29.3 Å². The first-order valence-corrected chi connectivity index (χ1v) is 6.56. The number of likely N-dealkylation sites (N-methyl/N-ethyl adjacent to an activating group) is 1. The van der Waals surface area contributed by atoms with E-state index in [4.69, 9.17) is 10.00 Å². The van der Waals surface area contributed by atoms with Crippen LogP contribution in [0, 0.1) is 11.3 Å². The number of benzene rings is 1. The Morgan fingerprint density at radius 1 is 1.50 bits per heavy atom. The Balaban J connectivity index is 2.26. The molecular formula is C14H14F3N3O2. The minimum Gasteiger partial charge on any atom is -0.366 e. The number of hydrogen-bond donors (Lipinski definition) is 1. The summed E-state index contributed by atoms with van der Waals surface area (Å²) in [5, 5.41) is 11.4. The van der Waals surface area contributed by atoms with Crippen LogP contribution in [-0.4, -0.2) is 38.8 Å². The van der Waals surface area contributed by atoms with Crippen LogP contribution >= 0.6 is 0 Å². The molecule has 8 heteroatoms. The van der Waals surface area contributed by atoms with Crippen molar-refractivity contribution in [1.29, 1.82) is 5.26 Å². The van der Waals surface area contributed by atoms with Crippen molar-refractivity contribution in [2.24, 2.45) is 0 Å². The standard InChI is InChI=1S/C14H14F3N3O2/c1-19-13(21)12-8-20(4-5-22-12)10-2-3-11(14(15,16)17)9(6-10)7-18/h2-3,6,12H,4-5,8H2,1H3,(H,19,21)/t12-/m0/s1. The van der Waals surface area contributed by atoms with Crippen LogP contribution in [0.1, 0.15) is 11.1 Å². The summed E-state index contributed by atoms with van der Waals surface area (Å²) in [5.41, 5.74) is -0.940. The Morgan fingerprint density at radius 2 is 2.23 bits per heavy atom. The molecule has 5 nitrogen and oxygen atoms in total. The van der Waals surface area contributed by atoms with E-state index >= 15 is 0 Å². The predicted octanol–water partition coefficient (Wildman–Crippen LogP) is 1.53. The highest BCUT2D eigenvalue weighted by molar-refractivity contribution is 5.81. The molecule has 0 saturated carbocycles. The maximum absolute atomic E-state index is 12.8. The SMILES string of the molecule is CNC(=O)[C@@H]1CN(c2ccc(C(F)(F)F)c(C#N)c2)CCO1. The number of alkyl halides is 3. The third-order valence-corrected chi connectivity index (χ3v) is 3.40. The summed E-state index contributed by atoms with van der Waals surface area (Å²) in [4.78, 5) is 13.3. The Hall–Kier alpha value is -2.27. The predicted molar refractivity (Wildman–Crippen MR) is 72.2 cm³/mol. The number of ether oxygens (including phenoxy) is 1. The number of carbonyl (C=O) groups excluding carboxylic acids is 1. The zero-order valence-electron chi connectivity index (χ0n) is 11.8. The van der Waals surface area contributed by atoms with Crippen LogP contribution in [-0.2, 0) is 15.7 Å². The van der Waals surface area contributed by atoms with Crippen molar-refractivity contribution in [2.75, 3.05) is 31.6 Å².